The summed E-state index contributed by atoms with van der Waals surface area (Å²) in [4.78, 5) is 22.8. The number of rotatable bonds is 6. The minimum absolute atomic E-state index is 0.107. The fourth-order valence-electron chi connectivity index (χ4n) is 1.35. The highest BCUT2D eigenvalue weighted by Crippen LogP contribution is 2.08. The second-order valence-corrected chi connectivity index (χ2v) is 3.59. The molecule has 0 bridgehead atoms. The molecule has 0 unspecified atom stereocenters. The number of carbonyl (C=O) groups excluding carboxylic acids is 2. The summed E-state index contributed by atoms with van der Waals surface area (Å²) in [5.74, 6) is -1.47. The van der Waals surface area contributed by atoms with Gasteiger partial charge >= 0.3 is 5.97 Å². The zero-order valence-electron chi connectivity index (χ0n) is 10.3. The van der Waals surface area contributed by atoms with Crippen LogP contribution in [0.2, 0.25) is 0 Å². The average molecular weight is 248 g/mol. The molecule has 18 heavy (non-hydrogen) atoms. The molecule has 0 spiro atoms. The molecule has 0 aliphatic carbocycles. The van der Waals surface area contributed by atoms with Crippen LogP contribution < -0.4 is 0 Å². The van der Waals surface area contributed by atoms with Crippen LogP contribution in [0.3, 0.4) is 0 Å². The zero-order chi connectivity index (χ0) is 13.4. The van der Waals surface area contributed by atoms with E-state index in [1.165, 1.54) is 0 Å². The maximum Gasteiger partial charge on any atom is 0.379 e. The van der Waals surface area contributed by atoms with Gasteiger partial charge in [0.1, 0.15) is 0 Å². The molecule has 0 atom stereocenters. The maximum absolute atomic E-state index is 11.6. The quantitative estimate of drug-likeness (QED) is 0.474. The van der Waals surface area contributed by atoms with Crippen molar-refractivity contribution in [1.29, 1.82) is 0 Å². The third-order valence-corrected chi connectivity index (χ3v) is 2.24. The summed E-state index contributed by atoms with van der Waals surface area (Å²) in [5, 5.41) is 8.63. The smallest absolute Gasteiger partial charge is 0.379 e. The van der Waals surface area contributed by atoms with Crippen LogP contribution in [0.25, 0.3) is 6.08 Å². The third kappa shape index (κ3) is 4.14. The molecule has 0 saturated heterocycles. The van der Waals surface area contributed by atoms with E-state index >= 15 is 0 Å². The Labute approximate surface area is 106 Å². The SMILES string of the molecule is CCOC(=O)C(=O)c1ccc(C=CCCO)cc1. The lowest BCUT2D eigenvalue weighted by Crippen LogP contribution is -2.17. The van der Waals surface area contributed by atoms with Crippen molar-refractivity contribution in [3.8, 4) is 0 Å². The van der Waals surface area contributed by atoms with Crippen LogP contribution in [0, 0.1) is 0 Å². The largest absolute Gasteiger partial charge is 0.460 e. The van der Waals surface area contributed by atoms with Gasteiger partial charge in [0.25, 0.3) is 5.78 Å². The Hall–Kier alpha value is -1.94. The number of ether oxygens (including phenoxy) is 1. The first kappa shape index (κ1) is 14.1. The number of aliphatic hydroxyl groups excluding tert-OH is 1. The molecule has 0 radical (unpaired) electrons. The van der Waals surface area contributed by atoms with Crippen molar-refractivity contribution in [3.05, 3.63) is 41.5 Å². The van der Waals surface area contributed by atoms with E-state index in [9.17, 15) is 9.59 Å². The molecule has 4 heteroatoms. The summed E-state index contributed by atoms with van der Waals surface area (Å²) < 4.78 is 4.64. The van der Waals surface area contributed by atoms with Gasteiger partial charge in [0, 0.05) is 12.2 Å². The minimum Gasteiger partial charge on any atom is -0.460 e. The van der Waals surface area contributed by atoms with E-state index in [-0.39, 0.29) is 13.2 Å². The van der Waals surface area contributed by atoms with Crippen molar-refractivity contribution in [2.24, 2.45) is 0 Å². The summed E-state index contributed by atoms with van der Waals surface area (Å²) in [7, 11) is 0. The Morgan fingerprint density at radius 2 is 1.94 bits per heavy atom. The molecule has 0 fully saturated rings. The number of carbonyl (C=O) groups is 2. The van der Waals surface area contributed by atoms with Gasteiger partial charge in [-0.3, -0.25) is 4.79 Å². The molecule has 1 N–H and O–H groups in total. The van der Waals surface area contributed by atoms with Gasteiger partial charge in [-0.25, -0.2) is 4.79 Å². The van der Waals surface area contributed by atoms with E-state index in [0.717, 1.165) is 5.56 Å². The highest BCUT2D eigenvalue weighted by atomic mass is 16.5. The Bertz CT molecular complexity index is 432. The molecule has 1 aromatic rings. The van der Waals surface area contributed by atoms with E-state index < -0.39 is 11.8 Å². The predicted octanol–water partition coefficient (Wildman–Crippen LogP) is 1.83. The highest BCUT2D eigenvalue weighted by Gasteiger charge is 2.16. The first-order valence-electron chi connectivity index (χ1n) is 5.78. The molecule has 1 aromatic carbocycles. The molecule has 0 aromatic heterocycles. The Morgan fingerprint density at radius 1 is 1.28 bits per heavy atom. The van der Waals surface area contributed by atoms with E-state index in [1.54, 1.807) is 31.2 Å². The van der Waals surface area contributed by atoms with E-state index in [1.807, 2.05) is 12.2 Å². The lowest BCUT2D eigenvalue weighted by Gasteiger charge is -2.01. The molecule has 0 heterocycles. The van der Waals surface area contributed by atoms with Crippen LogP contribution in [0.1, 0.15) is 29.3 Å². The predicted molar refractivity (Wildman–Crippen MR) is 68.1 cm³/mol. The Morgan fingerprint density at radius 3 is 2.50 bits per heavy atom. The maximum atomic E-state index is 11.6. The topological polar surface area (TPSA) is 63.6 Å². The van der Waals surface area contributed by atoms with Gasteiger partial charge < -0.3 is 9.84 Å². The van der Waals surface area contributed by atoms with Gasteiger partial charge in [0.2, 0.25) is 0 Å². The number of benzene rings is 1. The molecule has 96 valence electrons. The van der Waals surface area contributed by atoms with E-state index in [2.05, 4.69) is 4.74 Å². The first-order chi connectivity index (χ1) is 8.69. The number of Topliss-reactive ketones (excluding diaryl/α,β-unsaturated/α-hetero) is 1. The van der Waals surface area contributed by atoms with Crippen molar-refractivity contribution in [1.82, 2.24) is 0 Å². The molecular weight excluding hydrogens is 232 g/mol. The normalized spacial score (nSPS) is 10.6. The van der Waals surface area contributed by atoms with Gasteiger partial charge in [-0.15, -0.1) is 0 Å². The van der Waals surface area contributed by atoms with E-state index in [4.69, 9.17) is 5.11 Å². The zero-order valence-corrected chi connectivity index (χ0v) is 10.3. The van der Waals surface area contributed by atoms with E-state index in [0.29, 0.717) is 12.0 Å². The van der Waals surface area contributed by atoms with Gasteiger partial charge in [0.15, 0.2) is 0 Å². The van der Waals surface area contributed by atoms with Gasteiger partial charge in [0.05, 0.1) is 6.61 Å². The number of esters is 1. The molecule has 0 aliphatic rings. The van der Waals surface area contributed by atoms with Crippen LogP contribution in [0.5, 0.6) is 0 Å². The molecule has 1 rings (SSSR count). The van der Waals surface area contributed by atoms with Gasteiger partial charge in [-0.2, -0.15) is 0 Å². The van der Waals surface area contributed by atoms with Gasteiger partial charge in [-0.05, 0) is 18.9 Å². The second-order valence-electron chi connectivity index (χ2n) is 3.59. The standard InChI is InChI=1S/C14H16O4/c1-2-18-14(17)13(16)12-8-6-11(7-9-12)5-3-4-10-15/h3,5-9,15H,2,4,10H2,1H3. The van der Waals surface area contributed by atoms with Gasteiger partial charge in [-0.1, -0.05) is 36.4 Å². The lowest BCUT2D eigenvalue weighted by atomic mass is 10.1. The summed E-state index contributed by atoms with van der Waals surface area (Å²) in [5.41, 5.74) is 1.22. The molecule has 0 amide bonds. The summed E-state index contributed by atoms with van der Waals surface area (Å²) >= 11 is 0. The number of ketones is 1. The summed E-state index contributed by atoms with van der Waals surface area (Å²) in [6.07, 6.45) is 4.26. The third-order valence-electron chi connectivity index (χ3n) is 2.24. The number of hydrogen-bond donors (Lipinski definition) is 1. The Balaban J connectivity index is 2.70. The number of hydrogen-bond acceptors (Lipinski definition) is 4. The van der Waals surface area contributed by atoms with Crippen LogP contribution in [-0.2, 0) is 9.53 Å². The Kier molecular flexibility index (Phi) is 5.80. The highest BCUT2D eigenvalue weighted by molar-refractivity contribution is 6.40. The summed E-state index contributed by atoms with van der Waals surface area (Å²) in [6, 6.07) is 6.64. The van der Waals surface area contributed by atoms with Crippen LogP contribution in [0.15, 0.2) is 30.3 Å². The van der Waals surface area contributed by atoms with Crippen molar-refractivity contribution in [2.75, 3.05) is 13.2 Å². The fourth-order valence-corrected chi connectivity index (χ4v) is 1.35. The fraction of sp³-hybridized carbons (Fsp3) is 0.286. The van der Waals surface area contributed by atoms with Crippen LogP contribution >= 0.6 is 0 Å². The molecule has 4 nitrogen and oxygen atoms in total. The van der Waals surface area contributed by atoms with Crippen LogP contribution in [-0.4, -0.2) is 30.1 Å². The summed E-state index contributed by atoms with van der Waals surface area (Å²) in [6.45, 7) is 1.95. The van der Waals surface area contributed by atoms with Crippen LogP contribution in [0.4, 0.5) is 0 Å². The second kappa shape index (κ2) is 7.40. The first-order valence-corrected chi connectivity index (χ1v) is 5.78. The molecular formula is C14H16O4. The van der Waals surface area contributed by atoms with Crippen molar-refractivity contribution in [2.45, 2.75) is 13.3 Å². The number of aliphatic hydroxyl groups is 1. The average Bonchev–Trinajstić information content (AvgIpc) is 2.39. The van der Waals surface area contributed by atoms with Crippen molar-refractivity contribution < 1.29 is 19.4 Å². The molecule has 0 aliphatic heterocycles. The lowest BCUT2D eigenvalue weighted by molar-refractivity contribution is -0.137. The molecule has 0 saturated carbocycles. The monoisotopic (exact) mass is 248 g/mol. The van der Waals surface area contributed by atoms with Crippen molar-refractivity contribution in [3.63, 3.8) is 0 Å². The minimum atomic E-state index is -0.832. The van der Waals surface area contributed by atoms with Crippen molar-refractivity contribution >= 4 is 17.8 Å².